The van der Waals surface area contributed by atoms with Gasteiger partial charge in [0.15, 0.2) is 0 Å². The lowest BCUT2D eigenvalue weighted by molar-refractivity contribution is -0.132. The van der Waals surface area contributed by atoms with Gasteiger partial charge in [0.25, 0.3) is 11.7 Å². The summed E-state index contributed by atoms with van der Waals surface area (Å²) in [4.78, 5) is 27.6. The molecule has 6 heteroatoms. The number of aryl methyl sites for hydroxylation is 1. The van der Waals surface area contributed by atoms with Crippen molar-refractivity contribution in [2.75, 3.05) is 4.90 Å². The molecule has 0 spiro atoms. The third-order valence-electron chi connectivity index (χ3n) is 6.09. The van der Waals surface area contributed by atoms with Gasteiger partial charge in [-0.2, -0.15) is 0 Å². The van der Waals surface area contributed by atoms with E-state index in [0.29, 0.717) is 11.1 Å². The minimum Gasteiger partial charge on any atom is -0.507 e. The van der Waals surface area contributed by atoms with Crippen molar-refractivity contribution in [2.45, 2.75) is 39.2 Å². The molecular weight excluding hydrogens is 436 g/mol. The van der Waals surface area contributed by atoms with E-state index in [1.165, 1.54) is 53.4 Å². The molecule has 1 amide bonds. The lowest BCUT2D eigenvalue weighted by Crippen LogP contribution is -2.29. The molecule has 1 saturated heterocycles. The van der Waals surface area contributed by atoms with Crippen LogP contribution in [-0.4, -0.2) is 16.8 Å². The van der Waals surface area contributed by atoms with Gasteiger partial charge in [-0.05, 0) is 71.5 Å². The van der Waals surface area contributed by atoms with E-state index in [4.69, 9.17) is 0 Å². The van der Waals surface area contributed by atoms with Crippen LogP contribution in [0.4, 0.5) is 14.5 Å². The SMILES string of the molecule is Cc1ccc(C(C)(C)C)cc1/C(O)=C1\C(=O)C(=O)N(c2ccc(F)cc2)C1c1ccc(F)cc1. The number of ketones is 1. The molecule has 0 aliphatic carbocycles. The summed E-state index contributed by atoms with van der Waals surface area (Å²) in [5.74, 6) is -2.99. The maximum atomic E-state index is 13.7. The Kier molecular flexibility index (Phi) is 5.86. The third kappa shape index (κ3) is 4.12. The van der Waals surface area contributed by atoms with Gasteiger partial charge in [-0.3, -0.25) is 14.5 Å². The van der Waals surface area contributed by atoms with Crippen LogP contribution < -0.4 is 4.90 Å². The van der Waals surface area contributed by atoms with E-state index >= 15 is 0 Å². The van der Waals surface area contributed by atoms with Gasteiger partial charge in [0.1, 0.15) is 17.4 Å². The molecule has 1 aliphatic rings. The Bertz CT molecular complexity index is 1300. The summed E-state index contributed by atoms with van der Waals surface area (Å²) in [5.41, 5.74) is 2.54. The normalized spacial score (nSPS) is 17.9. The van der Waals surface area contributed by atoms with Crippen molar-refractivity contribution < 1.29 is 23.5 Å². The molecule has 1 N–H and O–H groups in total. The monoisotopic (exact) mass is 461 g/mol. The number of rotatable bonds is 3. The maximum absolute atomic E-state index is 13.7. The number of hydrogen-bond acceptors (Lipinski definition) is 3. The molecule has 1 unspecified atom stereocenters. The summed E-state index contributed by atoms with van der Waals surface area (Å²) in [5, 5.41) is 11.4. The molecule has 1 aliphatic heterocycles. The molecular formula is C28H25F2NO3. The molecule has 3 aromatic rings. The molecule has 1 atom stereocenters. The van der Waals surface area contributed by atoms with Crippen molar-refractivity contribution in [3.8, 4) is 0 Å². The first-order chi connectivity index (χ1) is 16.0. The summed E-state index contributed by atoms with van der Waals surface area (Å²) in [6.45, 7) is 7.92. The van der Waals surface area contributed by atoms with Gasteiger partial charge in [0, 0.05) is 11.3 Å². The van der Waals surface area contributed by atoms with Crippen LogP contribution in [-0.2, 0) is 15.0 Å². The first-order valence-electron chi connectivity index (χ1n) is 10.9. The van der Waals surface area contributed by atoms with E-state index < -0.39 is 29.4 Å². The van der Waals surface area contributed by atoms with Gasteiger partial charge in [0.2, 0.25) is 0 Å². The minimum atomic E-state index is -1.01. The van der Waals surface area contributed by atoms with Gasteiger partial charge >= 0.3 is 0 Å². The predicted molar refractivity (Wildman–Crippen MR) is 127 cm³/mol. The number of nitrogens with zero attached hydrogens (tertiary/aromatic N) is 1. The second kappa shape index (κ2) is 8.52. The molecule has 0 saturated carbocycles. The number of benzene rings is 3. The molecule has 1 heterocycles. The van der Waals surface area contributed by atoms with Gasteiger partial charge in [-0.15, -0.1) is 0 Å². The summed E-state index contributed by atoms with van der Waals surface area (Å²) >= 11 is 0. The zero-order valence-corrected chi connectivity index (χ0v) is 19.4. The molecule has 174 valence electrons. The topological polar surface area (TPSA) is 57.6 Å². The maximum Gasteiger partial charge on any atom is 0.300 e. The molecule has 4 rings (SSSR count). The lowest BCUT2D eigenvalue weighted by Gasteiger charge is -2.26. The summed E-state index contributed by atoms with van der Waals surface area (Å²) in [7, 11) is 0. The fourth-order valence-electron chi connectivity index (χ4n) is 4.15. The quantitative estimate of drug-likeness (QED) is 0.287. The van der Waals surface area contributed by atoms with Crippen molar-refractivity contribution in [1.29, 1.82) is 0 Å². The average Bonchev–Trinajstić information content (AvgIpc) is 3.04. The molecule has 4 nitrogen and oxygen atoms in total. The fourth-order valence-corrected chi connectivity index (χ4v) is 4.15. The van der Waals surface area contributed by atoms with Gasteiger partial charge < -0.3 is 5.11 Å². The number of carbonyl (C=O) groups excluding carboxylic acids is 2. The Balaban J connectivity index is 1.97. The van der Waals surface area contributed by atoms with Crippen LogP contribution in [0.25, 0.3) is 5.76 Å². The summed E-state index contributed by atoms with van der Waals surface area (Å²) in [6, 6.07) is 15.2. The highest BCUT2D eigenvalue weighted by molar-refractivity contribution is 6.51. The van der Waals surface area contributed by atoms with Crippen LogP contribution in [0.15, 0.2) is 72.3 Å². The number of amides is 1. The number of halogens is 2. The highest BCUT2D eigenvalue weighted by Gasteiger charge is 2.47. The standard InChI is InChI=1S/C28H25F2NO3/c1-16-5-8-18(28(2,3)4)15-22(16)25(32)23-24(17-6-9-19(29)10-7-17)31(27(34)26(23)33)21-13-11-20(30)12-14-21/h5-15,24,32H,1-4H3/b25-23+. The lowest BCUT2D eigenvalue weighted by atomic mass is 9.84. The first kappa shape index (κ1) is 23.4. The van der Waals surface area contributed by atoms with Crippen LogP contribution >= 0.6 is 0 Å². The summed E-state index contributed by atoms with van der Waals surface area (Å²) < 4.78 is 27.2. The predicted octanol–water partition coefficient (Wildman–Crippen LogP) is 6.20. The Morgan fingerprint density at radius 1 is 0.882 bits per heavy atom. The Morgan fingerprint density at radius 3 is 2.00 bits per heavy atom. The van der Waals surface area contributed by atoms with Crippen LogP contribution in [0.3, 0.4) is 0 Å². The van der Waals surface area contributed by atoms with E-state index in [9.17, 15) is 23.5 Å². The van der Waals surface area contributed by atoms with Crippen molar-refractivity contribution in [3.63, 3.8) is 0 Å². The minimum absolute atomic E-state index is 0.102. The number of Topliss-reactive ketones (excluding diaryl/α,β-unsaturated/α-hetero) is 1. The largest absolute Gasteiger partial charge is 0.507 e. The molecule has 0 radical (unpaired) electrons. The van der Waals surface area contributed by atoms with E-state index in [1.54, 1.807) is 0 Å². The Labute approximate surface area is 197 Å². The smallest absolute Gasteiger partial charge is 0.300 e. The number of aliphatic hydroxyl groups is 1. The number of aliphatic hydroxyl groups excluding tert-OH is 1. The van der Waals surface area contributed by atoms with E-state index in [-0.39, 0.29) is 22.4 Å². The highest BCUT2D eigenvalue weighted by atomic mass is 19.1. The van der Waals surface area contributed by atoms with Crippen LogP contribution in [0.5, 0.6) is 0 Å². The first-order valence-corrected chi connectivity index (χ1v) is 10.9. The zero-order valence-electron chi connectivity index (χ0n) is 19.4. The molecule has 3 aromatic carbocycles. The highest BCUT2D eigenvalue weighted by Crippen LogP contribution is 2.43. The zero-order chi connectivity index (χ0) is 24.8. The number of hydrogen-bond donors (Lipinski definition) is 1. The molecule has 1 fully saturated rings. The van der Waals surface area contributed by atoms with Crippen LogP contribution in [0.1, 0.15) is 49.1 Å². The average molecular weight is 462 g/mol. The second-order valence-corrected chi connectivity index (χ2v) is 9.48. The van der Waals surface area contributed by atoms with Crippen LogP contribution in [0, 0.1) is 18.6 Å². The molecule has 34 heavy (non-hydrogen) atoms. The summed E-state index contributed by atoms with van der Waals surface area (Å²) in [6.07, 6.45) is 0. The number of carbonyl (C=O) groups is 2. The van der Waals surface area contributed by atoms with Gasteiger partial charge in [-0.25, -0.2) is 8.78 Å². The molecule has 0 aromatic heterocycles. The Morgan fingerprint density at radius 2 is 1.44 bits per heavy atom. The van der Waals surface area contributed by atoms with E-state index in [0.717, 1.165) is 11.1 Å². The van der Waals surface area contributed by atoms with E-state index in [2.05, 4.69) is 0 Å². The van der Waals surface area contributed by atoms with Crippen molar-refractivity contribution in [3.05, 3.63) is 106 Å². The molecule has 0 bridgehead atoms. The fraction of sp³-hybridized carbons (Fsp3) is 0.214. The van der Waals surface area contributed by atoms with Crippen molar-refractivity contribution in [1.82, 2.24) is 0 Å². The second-order valence-electron chi connectivity index (χ2n) is 9.48. The van der Waals surface area contributed by atoms with Gasteiger partial charge in [0.05, 0.1) is 11.6 Å². The van der Waals surface area contributed by atoms with Gasteiger partial charge in [-0.1, -0.05) is 45.0 Å². The number of anilines is 1. The van der Waals surface area contributed by atoms with Crippen molar-refractivity contribution >= 4 is 23.1 Å². The third-order valence-corrected chi connectivity index (χ3v) is 6.09. The van der Waals surface area contributed by atoms with Crippen LogP contribution in [0.2, 0.25) is 0 Å². The van der Waals surface area contributed by atoms with Crippen molar-refractivity contribution in [2.24, 2.45) is 0 Å². The van der Waals surface area contributed by atoms with E-state index in [1.807, 2.05) is 45.9 Å². The Hall–Kier alpha value is -3.80.